The fourth-order valence-corrected chi connectivity index (χ4v) is 4.08. The molecule has 0 spiro atoms. The number of aromatic nitrogens is 5. The van der Waals surface area contributed by atoms with Crippen molar-refractivity contribution in [2.24, 2.45) is 0 Å². The van der Waals surface area contributed by atoms with Gasteiger partial charge < -0.3 is 9.42 Å². The van der Waals surface area contributed by atoms with Gasteiger partial charge in [0, 0.05) is 37.0 Å². The van der Waals surface area contributed by atoms with Crippen LogP contribution in [-0.2, 0) is 11.2 Å². The molecule has 0 radical (unpaired) electrons. The third-order valence-corrected chi connectivity index (χ3v) is 5.54. The van der Waals surface area contributed by atoms with Gasteiger partial charge >= 0.3 is 0 Å². The summed E-state index contributed by atoms with van der Waals surface area (Å²) in [4.78, 5) is 23.8. The fraction of sp³-hybridized carbons (Fsp3) is 0.550. The van der Waals surface area contributed by atoms with E-state index >= 15 is 0 Å². The number of hydrogen-bond acceptors (Lipinski definition) is 6. The molecule has 1 saturated heterocycles. The Balaban J connectivity index is 1.45. The number of carbonyl (C=O) groups is 1. The number of hydrogen-bond donors (Lipinski definition) is 0. The van der Waals surface area contributed by atoms with Crippen LogP contribution in [0.25, 0.3) is 5.65 Å². The Morgan fingerprint density at radius 1 is 1.25 bits per heavy atom. The largest absolute Gasteiger partial charge is 0.342 e. The van der Waals surface area contributed by atoms with Crippen LogP contribution in [0.4, 0.5) is 0 Å². The molecular weight excluding hydrogens is 356 g/mol. The quantitative estimate of drug-likeness (QED) is 0.689. The van der Waals surface area contributed by atoms with Crippen LogP contribution in [0.3, 0.4) is 0 Å². The van der Waals surface area contributed by atoms with Gasteiger partial charge in [-0.05, 0) is 52.5 Å². The van der Waals surface area contributed by atoms with Gasteiger partial charge in [-0.15, -0.1) is 0 Å². The van der Waals surface area contributed by atoms with Crippen LogP contribution in [0.15, 0.2) is 10.6 Å². The van der Waals surface area contributed by atoms with Crippen LogP contribution in [0.5, 0.6) is 0 Å². The predicted octanol–water partition coefficient (Wildman–Crippen LogP) is 2.68. The molecule has 0 aliphatic carbocycles. The van der Waals surface area contributed by atoms with Crippen molar-refractivity contribution < 1.29 is 9.32 Å². The molecule has 148 valence electrons. The van der Waals surface area contributed by atoms with Crippen molar-refractivity contribution >= 4 is 11.6 Å². The van der Waals surface area contributed by atoms with E-state index in [9.17, 15) is 4.79 Å². The molecule has 1 unspecified atom stereocenters. The summed E-state index contributed by atoms with van der Waals surface area (Å²) in [5.74, 6) is 1.58. The summed E-state index contributed by atoms with van der Waals surface area (Å²) in [6.45, 7) is 9.26. The Hall–Kier alpha value is -2.77. The second kappa shape index (κ2) is 7.33. The number of amides is 1. The van der Waals surface area contributed by atoms with Crippen molar-refractivity contribution in [1.29, 1.82) is 0 Å². The van der Waals surface area contributed by atoms with Crippen LogP contribution in [0, 0.1) is 27.7 Å². The molecule has 8 nitrogen and oxygen atoms in total. The molecule has 0 bridgehead atoms. The maximum absolute atomic E-state index is 12.9. The van der Waals surface area contributed by atoms with Crippen molar-refractivity contribution in [3.05, 3.63) is 40.4 Å². The number of likely N-dealkylation sites (tertiary alicyclic amines) is 1. The molecular formula is C20H26N6O2. The maximum atomic E-state index is 12.9. The highest BCUT2D eigenvalue weighted by Gasteiger charge is 2.28. The molecule has 4 heterocycles. The lowest BCUT2D eigenvalue weighted by molar-refractivity contribution is -0.132. The van der Waals surface area contributed by atoms with E-state index in [-0.39, 0.29) is 11.8 Å². The first-order valence-electron chi connectivity index (χ1n) is 9.83. The zero-order chi connectivity index (χ0) is 19.8. The van der Waals surface area contributed by atoms with Gasteiger partial charge in [0.05, 0.1) is 11.6 Å². The van der Waals surface area contributed by atoms with Crippen LogP contribution in [-0.4, -0.2) is 48.6 Å². The highest BCUT2D eigenvalue weighted by Crippen LogP contribution is 2.26. The van der Waals surface area contributed by atoms with Crippen molar-refractivity contribution in [2.75, 3.05) is 13.1 Å². The average Bonchev–Trinajstić information content (AvgIpc) is 3.26. The molecule has 3 aromatic heterocycles. The summed E-state index contributed by atoms with van der Waals surface area (Å²) >= 11 is 0. The van der Waals surface area contributed by atoms with Crippen LogP contribution < -0.4 is 0 Å². The molecule has 0 aromatic carbocycles. The molecule has 1 aliphatic heterocycles. The lowest BCUT2D eigenvalue weighted by Crippen LogP contribution is -2.39. The number of carbonyl (C=O) groups excluding carboxylic acids is 1. The minimum Gasteiger partial charge on any atom is -0.342 e. The number of fused-ring (bicyclic) bond motifs is 1. The van der Waals surface area contributed by atoms with Crippen molar-refractivity contribution in [3.63, 3.8) is 0 Å². The van der Waals surface area contributed by atoms with E-state index in [1.54, 1.807) is 0 Å². The molecule has 8 heteroatoms. The summed E-state index contributed by atoms with van der Waals surface area (Å²) in [5, 5.41) is 8.39. The van der Waals surface area contributed by atoms with Crippen LogP contribution in [0.2, 0.25) is 0 Å². The number of aryl methyl sites for hydroxylation is 4. The normalized spacial score (nSPS) is 17.4. The molecule has 0 saturated carbocycles. The Bertz CT molecular complexity index is 1020. The van der Waals surface area contributed by atoms with E-state index in [1.807, 2.05) is 43.2 Å². The van der Waals surface area contributed by atoms with E-state index < -0.39 is 0 Å². The SMILES string of the molecule is Cc1cc2nc(C)c(CCC(=O)N3CCCC(c4nc(C)no4)C3)c(C)n2n1. The monoisotopic (exact) mass is 382 g/mol. The Morgan fingerprint density at radius 2 is 2.07 bits per heavy atom. The minimum absolute atomic E-state index is 0.132. The molecule has 1 aliphatic rings. The summed E-state index contributed by atoms with van der Waals surface area (Å²) < 4.78 is 7.19. The summed E-state index contributed by atoms with van der Waals surface area (Å²) in [5.41, 5.74) is 4.93. The average molecular weight is 382 g/mol. The second-order valence-electron chi connectivity index (χ2n) is 7.68. The van der Waals surface area contributed by atoms with E-state index in [0.29, 0.717) is 31.1 Å². The fourth-order valence-electron chi connectivity index (χ4n) is 4.08. The maximum Gasteiger partial charge on any atom is 0.231 e. The van der Waals surface area contributed by atoms with Crippen molar-refractivity contribution in [3.8, 4) is 0 Å². The summed E-state index contributed by atoms with van der Waals surface area (Å²) in [7, 11) is 0. The summed E-state index contributed by atoms with van der Waals surface area (Å²) in [6.07, 6.45) is 3.06. The summed E-state index contributed by atoms with van der Waals surface area (Å²) in [6, 6.07) is 1.97. The van der Waals surface area contributed by atoms with E-state index in [4.69, 9.17) is 4.52 Å². The number of piperidine rings is 1. The number of nitrogens with zero attached hydrogens (tertiary/aromatic N) is 6. The van der Waals surface area contributed by atoms with Crippen LogP contribution >= 0.6 is 0 Å². The first kappa shape index (κ1) is 18.6. The van der Waals surface area contributed by atoms with Crippen LogP contribution in [0.1, 0.15) is 59.5 Å². The first-order chi connectivity index (χ1) is 13.4. The van der Waals surface area contributed by atoms with Gasteiger partial charge in [0.2, 0.25) is 11.8 Å². The molecule has 4 rings (SSSR count). The molecule has 28 heavy (non-hydrogen) atoms. The molecule has 1 amide bonds. The topological polar surface area (TPSA) is 89.4 Å². The van der Waals surface area contributed by atoms with Gasteiger partial charge in [0.25, 0.3) is 0 Å². The first-order valence-corrected chi connectivity index (χ1v) is 9.83. The van der Waals surface area contributed by atoms with Gasteiger partial charge in [0.15, 0.2) is 11.5 Å². The third kappa shape index (κ3) is 3.50. The lowest BCUT2D eigenvalue weighted by Gasteiger charge is -2.31. The second-order valence-corrected chi connectivity index (χ2v) is 7.68. The van der Waals surface area contributed by atoms with E-state index in [0.717, 1.165) is 47.7 Å². The van der Waals surface area contributed by atoms with E-state index in [2.05, 4.69) is 20.2 Å². The molecule has 0 N–H and O–H groups in total. The zero-order valence-corrected chi connectivity index (χ0v) is 16.9. The van der Waals surface area contributed by atoms with Gasteiger partial charge in [0.1, 0.15) is 0 Å². The Kier molecular flexibility index (Phi) is 4.87. The lowest BCUT2D eigenvalue weighted by atomic mass is 9.97. The van der Waals surface area contributed by atoms with Gasteiger partial charge in [-0.25, -0.2) is 9.50 Å². The molecule has 1 atom stereocenters. The number of rotatable bonds is 4. The standard InChI is InChI=1S/C20H26N6O2/c1-12-10-18-21-13(2)17(14(3)26(18)23-12)7-8-19(27)25-9-5-6-16(11-25)20-22-15(4)24-28-20/h10,16H,5-9,11H2,1-4H3. The molecule has 1 fully saturated rings. The van der Waals surface area contributed by atoms with Crippen molar-refractivity contribution in [1.82, 2.24) is 29.6 Å². The van der Waals surface area contributed by atoms with Gasteiger partial charge in [-0.1, -0.05) is 5.16 Å². The highest BCUT2D eigenvalue weighted by atomic mass is 16.5. The van der Waals surface area contributed by atoms with E-state index in [1.165, 1.54) is 0 Å². The van der Waals surface area contributed by atoms with Gasteiger partial charge in [-0.2, -0.15) is 10.1 Å². The zero-order valence-electron chi connectivity index (χ0n) is 16.9. The minimum atomic E-state index is 0.132. The smallest absolute Gasteiger partial charge is 0.231 e. The van der Waals surface area contributed by atoms with Crippen molar-refractivity contribution in [2.45, 2.75) is 59.3 Å². The third-order valence-electron chi connectivity index (χ3n) is 5.54. The Morgan fingerprint density at radius 3 is 2.82 bits per heavy atom. The Labute approximate surface area is 163 Å². The molecule has 3 aromatic rings. The highest BCUT2D eigenvalue weighted by molar-refractivity contribution is 5.76. The predicted molar refractivity (Wildman–Crippen MR) is 103 cm³/mol. The van der Waals surface area contributed by atoms with Gasteiger partial charge in [-0.3, -0.25) is 4.79 Å².